The van der Waals surface area contributed by atoms with E-state index in [9.17, 15) is 0 Å². The summed E-state index contributed by atoms with van der Waals surface area (Å²) in [4.78, 5) is 4.74. The molecule has 1 unspecified atom stereocenters. The van der Waals surface area contributed by atoms with Gasteiger partial charge in [0.05, 0.1) is 19.1 Å². The lowest BCUT2D eigenvalue weighted by atomic mass is 10.1. The molecule has 0 fully saturated rings. The molecule has 0 saturated carbocycles. The van der Waals surface area contributed by atoms with Gasteiger partial charge in [0.1, 0.15) is 5.82 Å². The van der Waals surface area contributed by atoms with Crippen LogP contribution in [0.3, 0.4) is 0 Å². The van der Waals surface area contributed by atoms with Crippen LogP contribution in [-0.2, 0) is 20.1 Å². The molecule has 1 heterocycles. The molecule has 2 N–H and O–H groups in total. The second kappa shape index (κ2) is 11.2. The van der Waals surface area contributed by atoms with Crippen LogP contribution in [0.15, 0.2) is 59.6 Å². The van der Waals surface area contributed by atoms with Gasteiger partial charge in [-0.15, -0.1) is 34.2 Å². The van der Waals surface area contributed by atoms with Crippen molar-refractivity contribution in [1.29, 1.82) is 0 Å². The highest BCUT2D eigenvalue weighted by molar-refractivity contribution is 14.0. The van der Waals surface area contributed by atoms with Gasteiger partial charge in [0.2, 0.25) is 0 Å². The summed E-state index contributed by atoms with van der Waals surface area (Å²) in [5, 5.41) is 15.8. The largest absolute Gasteiger partial charge is 0.350 e. The fourth-order valence-electron chi connectivity index (χ4n) is 2.74. The highest BCUT2D eigenvalue weighted by atomic mass is 127. The van der Waals surface area contributed by atoms with Crippen molar-refractivity contribution >= 4 is 41.5 Å². The molecule has 1 atom stereocenters. The van der Waals surface area contributed by atoms with Crippen LogP contribution in [0, 0.1) is 6.92 Å². The van der Waals surface area contributed by atoms with Crippen molar-refractivity contribution in [3.63, 3.8) is 0 Å². The summed E-state index contributed by atoms with van der Waals surface area (Å²) >= 11 is 6.14. The zero-order chi connectivity index (χ0) is 19.9. The van der Waals surface area contributed by atoms with Crippen molar-refractivity contribution < 1.29 is 0 Å². The first kappa shape index (κ1) is 23.2. The van der Waals surface area contributed by atoms with E-state index in [4.69, 9.17) is 16.6 Å². The quantitative estimate of drug-likeness (QED) is 0.285. The smallest absolute Gasteiger partial charge is 0.192 e. The number of nitrogens with one attached hydrogen (secondary N) is 2. The molecule has 0 radical (unpaired) electrons. The third-order valence-electron chi connectivity index (χ3n) is 4.56. The van der Waals surface area contributed by atoms with Crippen molar-refractivity contribution in [2.75, 3.05) is 0 Å². The number of rotatable bonds is 6. The fraction of sp³-hybridized carbons (Fsp3) is 0.286. The first-order chi connectivity index (χ1) is 13.5. The predicted octanol–water partition coefficient (Wildman–Crippen LogP) is 4.39. The topological polar surface area (TPSA) is 67.1 Å². The minimum Gasteiger partial charge on any atom is -0.350 e. The van der Waals surface area contributed by atoms with Gasteiger partial charge in [-0.05, 0) is 37.1 Å². The molecule has 0 aliphatic carbocycles. The molecular weight excluding hydrogens is 499 g/mol. The normalized spacial score (nSPS) is 12.2. The first-order valence-electron chi connectivity index (χ1n) is 9.22. The summed E-state index contributed by atoms with van der Waals surface area (Å²) in [6, 6.07) is 18.0. The second-order valence-corrected chi connectivity index (χ2v) is 7.08. The molecule has 8 heteroatoms. The Morgan fingerprint density at radius 2 is 1.90 bits per heavy atom. The standard InChI is InChI=1S/C21H25ClN6.HI/c1-15(18-10-7-11-19(22)12-18)25-21(23-13-17-8-5-4-6-9-17)24-14-20-27-26-16(2)28(20)3;/h4-12,15H,13-14H2,1-3H3,(H2,23,24,25);1H. The van der Waals surface area contributed by atoms with Gasteiger partial charge in [-0.1, -0.05) is 54.1 Å². The SMILES string of the molecule is Cc1nnc(CNC(=NCc2ccccc2)NC(C)c2cccc(Cl)c2)n1C.I. The maximum Gasteiger partial charge on any atom is 0.192 e. The number of aryl methyl sites for hydroxylation is 1. The van der Waals surface area contributed by atoms with Crippen LogP contribution in [0.2, 0.25) is 5.02 Å². The average Bonchev–Trinajstić information content (AvgIpc) is 3.02. The number of aromatic nitrogens is 3. The fourth-order valence-corrected chi connectivity index (χ4v) is 2.94. The van der Waals surface area contributed by atoms with Crippen LogP contribution in [-0.4, -0.2) is 20.7 Å². The van der Waals surface area contributed by atoms with E-state index in [1.165, 1.54) is 0 Å². The number of hydrogen-bond acceptors (Lipinski definition) is 3. The van der Waals surface area contributed by atoms with Gasteiger partial charge in [-0.25, -0.2) is 4.99 Å². The summed E-state index contributed by atoms with van der Waals surface area (Å²) < 4.78 is 1.96. The van der Waals surface area contributed by atoms with Crippen molar-refractivity contribution in [3.05, 3.63) is 82.4 Å². The second-order valence-electron chi connectivity index (χ2n) is 6.65. The van der Waals surface area contributed by atoms with Crippen molar-refractivity contribution in [3.8, 4) is 0 Å². The van der Waals surface area contributed by atoms with E-state index in [0.29, 0.717) is 19.0 Å². The lowest BCUT2D eigenvalue weighted by molar-refractivity contribution is 0.664. The Morgan fingerprint density at radius 1 is 1.14 bits per heavy atom. The lowest BCUT2D eigenvalue weighted by Gasteiger charge is -2.19. The van der Waals surface area contributed by atoms with Crippen molar-refractivity contribution in [2.45, 2.75) is 33.0 Å². The molecule has 154 valence electrons. The summed E-state index contributed by atoms with van der Waals surface area (Å²) in [7, 11) is 1.95. The van der Waals surface area contributed by atoms with Crippen LogP contribution in [0.5, 0.6) is 0 Å². The van der Waals surface area contributed by atoms with Crippen molar-refractivity contribution in [1.82, 2.24) is 25.4 Å². The molecule has 0 spiro atoms. The summed E-state index contributed by atoms with van der Waals surface area (Å²) in [5.74, 6) is 2.43. The van der Waals surface area contributed by atoms with E-state index in [-0.39, 0.29) is 30.0 Å². The average molecular weight is 525 g/mol. The molecule has 0 aliphatic heterocycles. The van der Waals surface area contributed by atoms with Crippen molar-refractivity contribution in [2.24, 2.45) is 12.0 Å². The minimum absolute atomic E-state index is 0. The molecule has 6 nitrogen and oxygen atoms in total. The van der Waals surface area contributed by atoms with Gasteiger partial charge < -0.3 is 15.2 Å². The molecule has 0 aliphatic rings. The maximum atomic E-state index is 6.14. The monoisotopic (exact) mass is 524 g/mol. The summed E-state index contributed by atoms with van der Waals surface area (Å²) in [6.07, 6.45) is 0. The molecule has 29 heavy (non-hydrogen) atoms. The minimum atomic E-state index is 0. The van der Waals surface area contributed by atoms with Gasteiger partial charge in [0.15, 0.2) is 11.8 Å². The van der Waals surface area contributed by atoms with Gasteiger partial charge in [-0.3, -0.25) is 0 Å². The zero-order valence-corrected chi connectivity index (χ0v) is 19.8. The number of aliphatic imine (C=N–C) groups is 1. The van der Waals surface area contributed by atoms with Crippen LogP contribution < -0.4 is 10.6 Å². The van der Waals surface area contributed by atoms with E-state index in [0.717, 1.165) is 27.8 Å². The number of hydrogen-bond donors (Lipinski definition) is 2. The number of nitrogens with zero attached hydrogens (tertiary/aromatic N) is 4. The highest BCUT2D eigenvalue weighted by Gasteiger charge is 2.11. The van der Waals surface area contributed by atoms with E-state index < -0.39 is 0 Å². The van der Waals surface area contributed by atoms with Gasteiger partial charge in [0.25, 0.3) is 0 Å². The molecule has 0 amide bonds. The van der Waals surface area contributed by atoms with Crippen LogP contribution in [0.1, 0.15) is 35.7 Å². The highest BCUT2D eigenvalue weighted by Crippen LogP contribution is 2.17. The molecule has 0 saturated heterocycles. The van der Waals surface area contributed by atoms with E-state index in [1.54, 1.807) is 0 Å². The maximum absolute atomic E-state index is 6.14. The molecule has 3 aromatic rings. The van der Waals surface area contributed by atoms with Gasteiger partial charge >= 0.3 is 0 Å². The van der Waals surface area contributed by atoms with E-state index in [1.807, 2.05) is 61.0 Å². The molecule has 0 bridgehead atoms. The zero-order valence-electron chi connectivity index (χ0n) is 16.8. The van der Waals surface area contributed by atoms with Crippen LogP contribution >= 0.6 is 35.6 Å². The Bertz CT molecular complexity index is 941. The number of benzene rings is 2. The van der Waals surface area contributed by atoms with E-state index in [2.05, 4.69) is 39.9 Å². The predicted molar refractivity (Wildman–Crippen MR) is 129 cm³/mol. The summed E-state index contributed by atoms with van der Waals surface area (Å²) in [5.41, 5.74) is 2.24. The molecule has 3 rings (SSSR count). The molecular formula is C21H26ClIN6. The Kier molecular flexibility index (Phi) is 8.91. The Balaban J connectivity index is 0.00000300. The van der Waals surface area contributed by atoms with E-state index >= 15 is 0 Å². The number of guanidine groups is 1. The Labute approximate surface area is 193 Å². The third kappa shape index (κ3) is 6.71. The molecule has 2 aromatic carbocycles. The Hall–Kier alpha value is -2.13. The lowest BCUT2D eigenvalue weighted by Crippen LogP contribution is -2.39. The first-order valence-corrected chi connectivity index (χ1v) is 9.60. The van der Waals surface area contributed by atoms with Gasteiger partial charge in [0, 0.05) is 12.1 Å². The van der Waals surface area contributed by atoms with Crippen LogP contribution in [0.4, 0.5) is 0 Å². The molecule has 1 aromatic heterocycles. The summed E-state index contributed by atoms with van der Waals surface area (Å²) in [6.45, 7) is 5.12. The van der Waals surface area contributed by atoms with Gasteiger partial charge in [-0.2, -0.15) is 0 Å². The third-order valence-corrected chi connectivity index (χ3v) is 4.80. The Morgan fingerprint density at radius 3 is 2.55 bits per heavy atom. The van der Waals surface area contributed by atoms with Crippen LogP contribution in [0.25, 0.3) is 0 Å². The number of halogens is 2.